The summed E-state index contributed by atoms with van der Waals surface area (Å²) in [6.45, 7) is 1.57. The predicted molar refractivity (Wildman–Crippen MR) is 137 cm³/mol. The Morgan fingerprint density at radius 2 is 1.75 bits per heavy atom. The average molecular weight is 565 g/mol. The molecule has 1 saturated carbocycles. The smallest absolute Gasteiger partial charge is 0.338 e. The zero-order chi connectivity index (χ0) is 29.2. The van der Waals surface area contributed by atoms with E-state index >= 15 is 0 Å². The number of aliphatic hydroxyl groups is 4. The van der Waals surface area contributed by atoms with Gasteiger partial charge in [-0.05, 0) is 55.5 Å². The SMILES string of the molecule is COC(=O)C1=C2CCC(C)(O)C2C(OC2OC(CCC(=O)C=Cc3ccc(O)cc3)C(O)C(O)C2O)OC1OC. The van der Waals surface area contributed by atoms with Gasteiger partial charge in [-0.25, -0.2) is 4.79 Å². The van der Waals surface area contributed by atoms with Crippen LogP contribution in [0, 0.1) is 5.92 Å². The third-order valence-electron chi connectivity index (χ3n) is 7.64. The van der Waals surface area contributed by atoms with Crippen LogP contribution in [0.3, 0.4) is 0 Å². The highest BCUT2D eigenvalue weighted by Gasteiger charge is 2.55. The van der Waals surface area contributed by atoms with Crippen LogP contribution in [0.4, 0.5) is 0 Å². The molecule has 1 aromatic carbocycles. The summed E-state index contributed by atoms with van der Waals surface area (Å²) < 4.78 is 27.8. The number of carbonyl (C=O) groups is 2. The molecule has 1 saturated heterocycles. The molecule has 220 valence electrons. The fraction of sp³-hybridized carbons (Fsp3) is 0.571. The summed E-state index contributed by atoms with van der Waals surface area (Å²) in [7, 11) is 2.55. The van der Waals surface area contributed by atoms with E-state index in [1.165, 1.54) is 32.4 Å². The van der Waals surface area contributed by atoms with E-state index in [4.69, 9.17) is 23.7 Å². The molecular weight excluding hydrogens is 528 g/mol. The number of methoxy groups -OCH3 is 2. The summed E-state index contributed by atoms with van der Waals surface area (Å²) in [6.07, 6.45) is -6.27. The highest BCUT2D eigenvalue weighted by atomic mass is 16.8. The number of ketones is 1. The van der Waals surface area contributed by atoms with Gasteiger partial charge in [0.25, 0.3) is 0 Å². The molecule has 5 N–H and O–H groups in total. The highest BCUT2D eigenvalue weighted by Crippen LogP contribution is 2.49. The van der Waals surface area contributed by atoms with Crippen LogP contribution in [0.2, 0.25) is 0 Å². The second kappa shape index (κ2) is 12.5. The number of phenols is 1. The molecule has 9 unspecified atom stereocenters. The molecule has 12 heteroatoms. The number of fused-ring (bicyclic) bond motifs is 1. The van der Waals surface area contributed by atoms with Crippen molar-refractivity contribution >= 4 is 17.8 Å². The number of aliphatic hydroxyl groups excluding tert-OH is 3. The van der Waals surface area contributed by atoms with Crippen molar-refractivity contribution in [3.8, 4) is 5.75 Å². The maximum Gasteiger partial charge on any atom is 0.338 e. The van der Waals surface area contributed by atoms with Crippen molar-refractivity contribution in [1.29, 1.82) is 0 Å². The van der Waals surface area contributed by atoms with Gasteiger partial charge in [0.05, 0.1) is 30.3 Å². The molecule has 0 amide bonds. The van der Waals surface area contributed by atoms with Crippen molar-refractivity contribution in [3.63, 3.8) is 0 Å². The lowest BCUT2D eigenvalue weighted by Crippen LogP contribution is -2.60. The number of carbonyl (C=O) groups excluding carboxylic acids is 2. The highest BCUT2D eigenvalue weighted by molar-refractivity contribution is 5.93. The number of aromatic hydroxyl groups is 1. The number of phenolic OH excluding ortho intramolecular Hbond substituents is 1. The van der Waals surface area contributed by atoms with Crippen LogP contribution in [-0.4, -0.2) is 100 Å². The molecule has 0 aromatic heterocycles. The number of rotatable bonds is 9. The van der Waals surface area contributed by atoms with Gasteiger partial charge in [0.15, 0.2) is 24.7 Å². The van der Waals surface area contributed by atoms with E-state index in [0.29, 0.717) is 24.0 Å². The van der Waals surface area contributed by atoms with E-state index in [1.807, 2.05) is 0 Å². The minimum Gasteiger partial charge on any atom is -0.508 e. The Morgan fingerprint density at radius 1 is 1.05 bits per heavy atom. The Hall–Kier alpha value is -2.68. The normalized spacial score (nSPS) is 36.1. The van der Waals surface area contributed by atoms with Crippen molar-refractivity contribution in [2.45, 2.75) is 81.5 Å². The van der Waals surface area contributed by atoms with Crippen molar-refractivity contribution in [1.82, 2.24) is 0 Å². The maximum absolute atomic E-state index is 12.5. The fourth-order valence-electron chi connectivity index (χ4n) is 5.42. The van der Waals surface area contributed by atoms with E-state index in [2.05, 4.69) is 0 Å². The lowest BCUT2D eigenvalue weighted by molar-refractivity contribution is -0.361. The van der Waals surface area contributed by atoms with Gasteiger partial charge in [-0.1, -0.05) is 18.2 Å². The van der Waals surface area contributed by atoms with Crippen LogP contribution >= 0.6 is 0 Å². The van der Waals surface area contributed by atoms with Crippen molar-refractivity contribution in [3.05, 3.63) is 47.1 Å². The Balaban J connectivity index is 1.47. The van der Waals surface area contributed by atoms with Crippen LogP contribution in [0.15, 0.2) is 41.5 Å². The molecule has 2 heterocycles. The molecule has 0 bridgehead atoms. The topological polar surface area (TPSA) is 181 Å². The molecule has 2 aliphatic heterocycles. The van der Waals surface area contributed by atoms with Gasteiger partial charge in [-0.2, -0.15) is 0 Å². The molecule has 1 aliphatic carbocycles. The number of hydrogen-bond acceptors (Lipinski definition) is 12. The molecule has 0 spiro atoms. The zero-order valence-corrected chi connectivity index (χ0v) is 22.5. The van der Waals surface area contributed by atoms with Crippen LogP contribution in [-0.2, 0) is 33.3 Å². The minimum atomic E-state index is -1.68. The largest absolute Gasteiger partial charge is 0.508 e. The number of benzene rings is 1. The van der Waals surface area contributed by atoms with Gasteiger partial charge in [0.1, 0.15) is 24.1 Å². The number of allylic oxidation sites excluding steroid dienone is 1. The first-order valence-corrected chi connectivity index (χ1v) is 13.0. The van der Waals surface area contributed by atoms with Gasteiger partial charge < -0.3 is 49.2 Å². The van der Waals surface area contributed by atoms with Crippen LogP contribution < -0.4 is 0 Å². The summed E-state index contributed by atoms with van der Waals surface area (Å²) in [5.74, 6) is -1.67. The lowest BCUT2D eigenvalue weighted by atomic mass is 9.85. The molecule has 12 nitrogen and oxygen atoms in total. The predicted octanol–water partition coefficient (Wildman–Crippen LogP) is 0.538. The zero-order valence-electron chi connectivity index (χ0n) is 22.5. The summed E-state index contributed by atoms with van der Waals surface area (Å²) in [4.78, 5) is 24.9. The molecule has 4 rings (SSSR count). The van der Waals surface area contributed by atoms with Crippen molar-refractivity contribution in [2.75, 3.05) is 14.2 Å². The van der Waals surface area contributed by atoms with E-state index in [0.717, 1.165) is 0 Å². The van der Waals surface area contributed by atoms with Gasteiger partial charge in [-0.3, -0.25) is 4.79 Å². The van der Waals surface area contributed by atoms with Crippen LogP contribution in [0.25, 0.3) is 6.08 Å². The Labute approximate surface area is 231 Å². The summed E-state index contributed by atoms with van der Waals surface area (Å²) in [5.41, 5.74) is 0.0321. The van der Waals surface area contributed by atoms with Crippen LogP contribution in [0.5, 0.6) is 5.75 Å². The monoisotopic (exact) mass is 564 g/mol. The summed E-state index contributed by atoms with van der Waals surface area (Å²) >= 11 is 0. The van der Waals surface area contributed by atoms with E-state index < -0.39 is 60.8 Å². The maximum atomic E-state index is 12.5. The molecule has 1 aromatic rings. The summed E-state index contributed by atoms with van der Waals surface area (Å²) in [5, 5.41) is 52.1. The van der Waals surface area contributed by atoms with E-state index in [1.54, 1.807) is 25.1 Å². The Kier molecular flexibility index (Phi) is 9.43. The van der Waals surface area contributed by atoms with Crippen LogP contribution in [0.1, 0.15) is 38.2 Å². The average Bonchev–Trinajstić information content (AvgIpc) is 3.26. The molecular formula is C28H36O12. The Bertz CT molecular complexity index is 1130. The van der Waals surface area contributed by atoms with Crippen molar-refractivity contribution < 1.29 is 58.8 Å². The quantitative estimate of drug-likeness (QED) is 0.208. The molecule has 3 aliphatic rings. The second-order valence-electron chi connectivity index (χ2n) is 10.4. The van der Waals surface area contributed by atoms with Gasteiger partial charge in [0, 0.05) is 13.5 Å². The Morgan fingerprint density at radius 3 is 2.40 bits per heavy atom. The molecule has 0 radical (unpaired) electrons. The summed E-state index contributed by atoms with van der Waals surface area (Å²) in [6, 6.07) is 6.28. The van der Waals surface area contributed by atoms with Gasteiger partial charge >= 0.3 is 5.97 Å². The molecule has 40 heavy (non-hydrogen) atoms. The fourth-order valence-corrected chi connectivity index (χ4v) is 5.42. The lowest BCUT2D eigenvalue weighted by Gasteiger charge is -2.45. The first-order valence-electron chi connectivity index (χ1n) is 13.0. The number of hydrogen-bond donors (Lipinski definition) is 5. The standard InChI is InChI=1S/C28H36O12/c1-28(35)13-12-17-19(24(34)36-2)25(37-3)39-26(20(17)28)40-27-23(33)22(32)21(31)18(38-27)11-10-16(30)9-6-14-4-7-15(29)8-5-14/h4-9,18,20-23,25-27,29,31-33,35H,10-13H2,1-3H3. The van der Waals surface area contributed by atoms with E-state index in [9.17, 15) is 35.1 Å². The minimum absolute atomic E-state index is 0.00850. The van der Waals surface area contributed by atoms with E-state index in [-0.39, 0.29) is 29.9 Å². The second-order valence-corrected chi connectivity index (χ2v) is 10.4. The molecule has 9 atom stereocenters. The first-order chi connectivity index (χ1) is 19.0. The third-order valence-corrected chi connectivity index (χ3v) is 7.64. The van der Waals surface area contributed by atoms with Crippen molar-refractivity contribution in [2.24, 2.45) is 5.92 Å². The first kappa shape index (κ1) is 30.3. The third kappa shape index (κ3) is 6.29. The number of ether oxygens (including phenoxy) is 5. The van der Waals surface area contributed by atoms with Gasteiger partial charge in [-0.15, -0.1) is 0 Å². The molecule has 2 fully saturated rings. The van der Waals surface area contributed by atoms with Gasteiger partial charge in [0.2, 0.25) is 0 Å². The number of esters is 1.